The predicted octanol–water partition coefficient (Wildman–Crippen LogP) is 5.66. The maximum atomic E-state index is 13.6. The van der Waals surface area contributed by atoms with Gasteiger partial charge in [0.05, 0.1) is 11.8 Å². The summed E-state index contributed by atoms with van der Waals surface area (Å²) in [6.45, 7) is 2.50. The molecule has 1 atom stereocenters. The van der Waals surface area contributed by atoms with Crippen molar-refractivity contribution in [3.63, 3.8) is 0 Å². The zero-order valence-corrected chi connectivity index (χ0v) is 17.7. The Bertz CT molecular complexity index is 952. The first-order valence-corrected chi connectivity index (χ1v) is 9.97. The number of carbonyl (C=O) groups excluding carboxylic acids is 1. The Kier molecular flexibility index (Phi) is 6.65. The van der Waals surface area contributed by atoms with Crippen LogP contribution in [0.2, 0.25) is 10.0 Å². The van der Waals surface area contributed by atoms with E-state index < -0.39 is 0 Å². The van der Waals surface area contributed by atoms with Gasteiger partial charge in [-0.3, -0.25) is 0 Å². The summed E-state index contributed by atoms with van der Waals surface area (Å²) < 4.78 is 13.6. The second-order valence-corrected chi connectivity index (χ2v) is 8.05. The Morgan fingerprint density at radius 3 is 2.76 bits per heavy atom. The van der Waals surface area contributed by atoms with Gasteiger partial charge in [-0.1, -0.05) is 34.4 Å². The third kappa shape index (κ3) is 4.82. The van der Waals surface area contributed by atoms with Crippen LogP contribution in [-0.4, -0.2) is 40.3 Å². The van der Waals surface area contributed by atoms with Crippen LogP contribution in [0.4, 0.5) is 9.18 Å². The van der Waals surface area contributed by atoms with Crippen LogP contribution < -0.4 is 0 Å². The van der Waals surface area contributed by atoms with Crippen LogP contribution in [-0.2, 0) is 6.54 Å². The van der Waals surface area contributed by atoms with Crippen molar-refractivity contribution in [2.24, 2.45) is 5.16 Å². The number of hydrogen-bond acceptors (Lipinski definition) is 3. The first-order valence-electron chi connectivity index (χ1n) is 9.21. The zero-order valence-electron chi connectivity index (χ0n) is 16.2. The van der Waals surface area contributed by atoms with Crippen molar-refractivity contribution in [1.82, 2.24) is 9.80 Å². The highest BCUT2D eigenvalue weighted by Gasteiger charge is 2.33. The van der Waals surface area contributed by atoms with Crippen molar-refractivity contribution in [3.8, 4) is 0 Å². The second-order valence-electron chi connectivity index (χ2n) is 7.20. The van der Waals surface area contributed by atoms with Crippen LogP contribution in [0.15, 0.2) is 41.6 Å². The van der Waals surface area contributed by atoms with Gasteiger partial charge < -0.3 is 15.0 Å². The molecule has 1 saturated heterocycles. The lowest BCUT2D eigenvalue weighted by molar-refractivity contribution is 0.136. The van der Waals surface area contributed by atoms with E-state index in [1.807, 2.05) is 0 Å². The van der Waals surface area contributed by atoms with Gasteiger partial charge in [-0.2, -0.15) is 0 Å². The molecule has 1 aliphatic heterocycles. The molecule has 1 heterocycles. The summed E-state index contributed by atoms with van der Waals surface area (Å²) in [4.78, 5) is 16.6. The Morgan fingerprint density at radius 1 is 1.31 bits per heavy atom. The van der Waals surface area contributed by atoms with Crippen LogP contribution in [0.3, 0.4) is 0 Å². The summed E-state index contributed by atoms with van der Waals surface area (Å²) >= 11 is 12.3. The molecule has 0 aliphatic carbocycles. The van der Waals surface area contributed by atoms with E-state index in [9.17, 15) is 14.4 Å². The molecule has 0 unspecified atom stereocenters. The number of rotatable bonds is 3. The highest BCUT2D eigenvalue weighted by atomic mass is 35.5. The average Bonchev–Trinajstić information content (AvgIpc) is 2.69. The lowest BCUT2D eigenvalue weighted by Gasteiger charge is -2.39. The third-order valence-electron chi connectivity index (χ3n) is 5.17. The molecular formula is C21H22Cl2FN3O2. The standard InChI is InChI=1S/C21H22Cl2FN3O2/c1-13-9-16(24)4-5-18(13)20-11-17(25-29)7-8-27(20)21(28)26(2)12-14-10-15(22)3-6-19(14)23/h3-6,9-10,20,29H,7-8,11-12H2,1-2H3/b25-17+/t20-/m1/s1. The lowest BCUT2D eigenvalue weighted by atomic mass is 9.91. The SMILES string of the molecule is Cc1cc(F)ccc1[C@H]1C/C(=N/O)CCN1C(=O)N(C)Cc1cc(Cl)ccc1Cl. The molecule has 3 rings (SSSR count). The molecule has 2 aromatic carbocycles. The Labute approximate surface area is 179 Å². The molecule has 0 spiro atoms. The van der Waals surface area contributed by atoms with Gasteiger partial charge in [0.25, 0.3) is 0 Å². The number of urea groups is 1. The molecule has 1 fully saturated rings. The largest absolute Gasteiger partial charge is 0.411 e. The fraction of sp³-hybridized carbons (Fsp3) is 0.333. The van der Waals surface area contributed by atoms with Crippen LogP contribution >= 0.6 is 23.2 Å². The topological polar surface area (TPSA) is 56.1 Å². The molecule has 1 aliphatic rings. The molecule has 1 N–H and O–H groups in total. The van der Waals surface area contributed by atoms with E-state index >= 15 is 0 Å². The van der Waals surface area contributed by atoms with Gasteiger partial charge in [0.2, 0.25) is 0 Å². The number of likely N-dealkylation sites (tertiary alicyclic amines) is 1. The minimum Gasteiger partial charge on any atom is -0.411 e. The fourth-order valence-electron chi connectivity index (χ4n) is 3.66. The molecule has 0 aromatic heterocycles. The molecule has 2 amide bonds. The summed E-state index contributed by atoms with van der Waals surface area (Å²) in [5, 5.41) is 13.7. The Morgan fingerprint density at radius 2 is 2.07 bits per heavy atom. The van der Waals surface area contributed by atoms with Gasteiger partial charge >= 0.3 is 6.03 Å². The highest BCUT2D eigenvalue weighted by molar-refractivity contribution is 6.33. The van der Waals surface area contributed by atoms with Crippen molar-refractivity contribution in [2.45, 2.75) is 32.4 Å². The molecule has 5 nitrogen and oxygen atoms in total. The van der Waals surface area contributed by atoms with Crippen molar-refractivity contribution < 1.29 is 14.4 Å². The van der Waals surface area contributed by atoms with Gasteiger partial charge in [-0.25, -0.2) is 9.18 Å². The minimum absolute atomic E-state index is 0.188. The number of carbonyl (C=O) groups is 1. The number of amides is 2. The number of hydrogen-bond donors (Lipinski definition) is 1. The predicted molar refractivity (Wildman–Crippen MR) is 112 cm³/mol. The molecule has 0 saturated carbocycles. The summed E-state index contributed by atoms with van der Waals surface area (Å²) in [6.07, 6.45) is 0.866. The van der Waals surface area contributed by atoms with E-state index in [0.29, 0.717) is 41.7 Å². The molecule has 29 heavy (non-hydrogen) atoms. The first-order chi connectivity index (χ1) is 13.8. The molecule has 0 bridgehead atoms. The van der Waals surface area contributed by atoms with Crippen LogP contribution in [0.25, 0.3) is 0 Å². The van der Waals surface area contributed by atoms with E-state index in [0.717, 1.165) is 16.7 Å². The smallest absolute Gasteiger partial charge is 0.320 e. The summed E-state index contributed by atoms with van der Waals surface area (Å²) in [6, 6.07) is 9.11. The quantitative estimate of drug-likeness (QED) is 0.497. The van der Waals surface area contributed by atoms with Gasteiger partial charge in [0.15, 0.2) is 0 Å². The Balaban J connectivity index is 1.87. The van der Waals surface area contributed by atoms with Gasteiger partial charge in [0, 0.05) is 43.0 Å². The number of piperidine rings is 1. The van der Waals surface area contributed by atoms with Gasteiger partial charge in [-0.05, 0) is 53.9 Å². The number of nitrogens with zero attached hydrogens (tertiary/aromatic N) is 3. The van der Waals surface area contributed by atoms with E-state index in [-0.39, 0.29) is 17.9 Å². The number of halogens is 3. The fourth-order valence-corrected chi connectivity index (χ4v) is 4.03. The third-order valence-corrected chi connectivity index (χ3v) is 5.77. The maximum absolute atomic E-state index is 13.6. The van der Waals surface area contributed by atoms with Crippen molar-refractivity contribution in [2.75, 3.05) is 13.6 Å². The van der Waals surface area contributed by atoms with Crippen molar-refractivity contribution in [3.05, 3.63) is 69.0 Å². The van der Waals surface area contributed by atoms with Crippen LogP contribution in [0.5, 0.6) is 0 Å². The summed E-state index contributed by atoms with van der Waals surface area (Å²) in [7, 11) is 1.70. The van der Waals surface area contributed by atoms with Crippen LogP contribution in [0.1, 0.15) is 35.6 Å². The molecule has 154 valence electrons. The van der Waals surface area contributed by atoms with E-state index in [1.165, 1.54) is 12.1 Å². The lowest BCUT2D eigenvalue weighted by Crippen LogP contribution is -2.47. The molecular weight excluding hydrogens is 416 g/mol. The molecule has 8 heteroatoms. The zero-order chi connectivity index (χ0) is 21.1. The molecule has 2 aromatic rings. The van der Waals surface area contributed by atoms with Gasteiger partial charge in [0.1, 0.15) is 5.82 Å². The monoisotopic (exact) mass is 437 g/mol. The number of oxime groups is 1. The Hall–Kier alpha value is -2.31. The number of benzene rings is 2. The average molecular weight is 438 g/mol. The van der Waals surface area contributed by atoms with Gasteiger partial charge in [-0.15, -0.1) is 0 Å². The van der Waals surface area contributed by atoms with Crippen molar-refractivity contribution >= 4 is 34.9 Å². The first kappa shape index (κ1) is 21.4. The normalized spacial score (nSPS) is 18.2. The van der Waals surface area contributed by atoms with Crippen molar-refractivity contribution in [1.29, 1.82) is 0 Å². The molecule has 0 radical (unpaired) electrons. The van der Waals surface area contributed by atoms with E-state index in [4.69, 9.17) is 23.2 Å². The summed E-state index contributed by atoms with van der Waals surface area (Å²) in [5.74, 6) is -0.330. The minimum atomic E-state index is -0.347. The second kappa shape index (κ2) is 9.01. The number of aryl methyl sites for hydroxylation is 1. The van der Waals surface area contributed by atoms with E-state index in [1.54, 1.807) is 48.0 Å². The maximum Gasteiger partial charge on any atom is 0.320 e. The highest BCUT2D eigenvalue weighted by Crippen LogP contribution is 2.33. The summed E-state index contributed by atoms with van der Waals surface area (Å²) in [5.41, 5.74) is 2.93. The van der Waals surface area contributed by atoms with Crippen LogP contribution in [0, 0.1) is 12.7 Å². The van der Waals surface area contributed by atoms with E-state index in [2.05, 4.69) is 5.16 Å².